The van der Waals surface area contributed by atoms with Crippen molar-refractivity contribution in [1.29, 1.82) is 0 Å². The quantitative estimate of drug-likeness (QED) is 0.865. The van der Waals surface area contributed by atoms with Gasteiger partial charge in [0.25, 0.3) is 0 Å². The van der Waals surface area contributed by atoms with Gasteiger partial charge in [-0.15, -0.1) is 0 Å². The average molecular weight is 265 g/mol. The molecular weight excluding hydrogens is 246 g/mol. The van der Waals surface area contributed by atoms with E-state index in [-0.39, 0.29) is 6.29 Å². The molecule has 2 saturated heterocycles. The van der Waals surface area contributed by atoms with Gasteiger partial charge in [0.2, 0.25) is 6.29 Å². The van der Waals surface area contributed by atoms with Crippen molar-refractivity contribution >= 4 is 0 Å². The van der Waals surface area contributed by atoms with Crippen LogP contribution in [-0.4, -0.2) is 45.0 Å². The number of benzene rings is 1. The minimum Gasteiger partial charge on any atom is -0.493 e. The van der Waals surface area contributed by atoms with Gasteiger partial charge in [0, 0.05) is 13.0 Å². The van der Waals surface area contributed by atoms with E-state index in [1.165, 1.54) is 0 Å². The molecule has 1 aromatic carbocycles. The van der Waals surface area contributed by atoms with Crippen LogP contribution in [0.1, 0.15) is 6.42 Å². The minimum absolute atomic E-state index is 0.339. The van der Waals surface area contributed by atoms with Crippen molar-refractivity contribution in [2.24, 2.45) is 0 Å². The third-order valence-corrected chi connectivity index (χ3v) is 3.37. The van der Waals surface area contributed by atoms with E-state index in [9.17, 15) is 0 Å². The maximum absolute atomic E-state index is 5.82. The lowest BCUT2D eigenvalue weighted by molar-refractivity contribution is -0.200. The minimum atomic E-state index is -0.564. The van der Waals surface area contributed by atoms with Crippen LogP contribution in [0.3, 0.4) is 0 Å². The molecule has 0 spiro atoms. The van der Waals surface area contributed by atoms with Gasteiger partial charge in [0.1, 0.15) is 5.75 Å². The highest BCUT2D eigenvalue weighted by Crippen LogP contribution is 2.27. The van der Waals surface area contributed by atoms with Crippen molar-refractivity contribution in [3.05, 3.63) is 30.3 Å². The summed E-state index contributed by atoms with van der Waals surface area (Å²) in [7, 11) is 0. The van der Waals surface area contributed by atoms with Gasteiger partial charge in [-0.05, 0) is 12.1 Å². The maximum Gasteiger partial charge on any atom is 0.200 e. The summed E-state index contributed by atoms with van der Waals surface area (Å²) in [5, 5.41) is 3.35. The lowest BCUT2D eigenvalue weighted by atomic mass is 10.1. The number of para-hydroxylation sites is 1. The van der Waals surface area contributed by atoms with Gasteiger partial charge in [-0.1, -0.05) is 18.2 Å². The molecular formula is C14H19NO4. The van der Waals surface area contributed by atoms with Crippen molar-refractivity contribution in [3.8, 4) is 5.75 Å². The summed E-state index contributed by atoms with van der Waals surface area (Å²) in [5.41, 5.74) is -0.564. The van der Waals surface area contributed by atoms with E-state index in [1.807, 2.05) is 30.3 Å². The lowest BCUT2D eigenvalue weighted by Gasteiger charge is -2.32. The van der Waals surface area contributed by atoms with Crippen molar-refractivity contribution in [2.75, 3.05) is 33.0 Å². The summed E-state index contributed by atoms with van der Waals surface area (Å²) in [5.74, 6) is 0.865. The Labute approximate surface area is 112 Å². The van der Waals surface area contributed by atoms with E-state index in [0.717, 1.165) is 12.3 Å². The second kappa shape index (κ2) is 5.88. The normalized spacial score (nSPS) is 27.8. The topological polar surface area (TPSA) is 49.0 Å². The Morgan fingerprint density at radius 1 is 1.16 bits per heavy atom. The van der Waals surface area contributed by atoms with Crippen molar-refractivity contribution < 1.29 is 18.9 Å². The molecule has 3 rings (SSSR count). The molecule has 2 aliphatic rings. The summed E-state index contributed by atoms with van der Waals surface area (Å²) in [6.07, 6.45) is 0.349. The van der Waals surface area contributed by atoms with Crippen molar-refractivity contribution in [2.45, 2.75) is 18.4 Å². The van der Waals surface area contributed by atoms with E-state index in [0.29, 0.717) is 32.8 Å². The third-order valence-electron chi connectivity index (χ3n) is 3.37. The number of ether oxygens (including phenoxy) is 4. The molecule has 2 fully saturated rings. The molecule has 1 unspecified atom stereocenters. The predicted molar refractivity (Wildman–Crippen MR) is 68.9 cm³/mol. The van der Waals surface area contributed by atoms with Crippen LogP contribution >= 0.6 is 0 Å². The van der Waals surface area contributed by atoms with Crippen LogP contribution in [0.5, 0.6) is 5.75 Å². The van der Waals surface area contributed by atoms with Crippen LogP contribution < -0.4 is 10.1 Å². The van der Waals surface area contributed by atoms with Crippen LogP contribution in [0.15, 0.2) is 30.3 Å². The molecule has 2 aliphatic heterocycles. The first-order valence-electron chi connectivity index (χ1n) is 6.69. The third kappa shape index (κ3) is 2.90. The van der Waals surface area contributed by atoms with Gasteiger partial charge in [-0.3, -0.25) is 5.32 Å². The summed E-state index contributed by atoms with van der Waals surface area (Å²) in [6, 6.07) is 9.77. The largest absolute Gasteiger partial charge is 0.493 e. The predicted octanol–water partition coefficient (Wildman–Crippen LogP) is 1.14. The maximum atomic E-state index is 5.82. The first-order chi connectivity index (χ1) is 9.39. The lowest BCUT2D eigenvalue weighted by Crippen LogP contribution is -2.53. The Balaban J connectivity index is 1.56. The zero-order valence-electron chi connectivity index (χ0n) is 10.8. The summed E-state index contributed by atoms with van der Waals surface area (Å²) in [4.78, 5) is 0. The highest BCUT2D eigenvalue weighted by molar-refractivity contribution is 5.20. The van der Waals surface area contributed by atoms with E-state index in [1.54, 1.807) is 0 Å². The summed E-state index contributed by atoms with van der Waals surface area (Å²) in [6.45, 7) is 3.29. The highest BCUT2D eigenvalue weighted by Gasteiger charge is 2.46. The molecule has 0 bridgehead atoms. The monoisotopic (exact) mass is 265 g/mol. The fourth-order valence-electron chi connectivity index (χ4n) is 2.44. The standard InChI is InChI=1S/C14H19NO4/c1-2-4-12(5-3-1)16-8-6-14(15-7-9-19-14)13-17-10-11-18-13/h1-5,13,15H,6-11H2. The molecule has 0 aliphatic carbocycles. The second-order valence-electron chi connectivity index (χ2n) is 4.65. The fourth-order valence-corrected chi connectivity index (χ4v) is 2.44. The van der Waals surface area contributed by atoms with Crippen molar-refractivity contribution in [3.63, 3.8) is 0 Å². The molecule has 0 aromatic heterocycles. The number of hydrogen-bond acceptors (Lipinski definition) is 5. The zero-order valence-corrected chi connectivity index (χ0v) is 10.8. The van der Waals surface area contributed by atoms with Crippen LogP contribution in [0, 0.1) is 0 Å². The molecule has 1 N–H and O–H groups in total. The molecule has 0 saturated carbocycles. The van der Waals surface area contributed by atoms with E-state index >= 15 is 0 Å². The Morgan fingerprint density at radius 3 is 2.63 bits per heavy atom. The molecule has 5 heteroatoms. The summed E-state index contributed by atoms with van der Waals surface area (Å²) >= 11 is 0. The zero-order chi connectivity index (χ0) is 13.0. The number of nitrogens with one attached hydrogen (secondary N) is 1. The van der Waals surface area contributed by atoms with Crippen molar-refractivity contribution in [1.82, 2.24) is 5.32 Å². The van der Waals surface area contributed by atoms with E-state index < -0.39 is 5.72 Å². The highest BCUT2D eigenvalue weighted by atomic mass is 16.7. The van der Waals surface area contributed by atoms with Crippen LogP contribution in [-0.2, 0) is 14.2 Å². The first-order valence-corrected chi connectivity index (χ1v) is 6.69. The molecule has 0 amide bonds. The number of rotatable bonds is 5. The Kier molecular flexibility index (Phi) is 3.98. The molecule has 2 heterocycles. The molecule has 104 valence electrons. The first kappa shape index (κ1) is 12.9. The van der Waals surface area contributed by atoms with Gasteiger partial charge < -0.3 is 18.9 Å². The fraction of sp³-hybridized carbons (Fsp3) is 0.571. The average Bonchev–Trinajstić information content (AvgIpc) is 3.12. The van der Waals surface area contributed by atoms with Crippen LogP contribution in [0.4, 0.5) is 0 Å². The Hall–Kier alpha value is -1.14. The van der Waals surface area contributed by atoms with Gasteiger partial charge in [0.05, 0.1) is 26.4 Å². The Bertz CT molecular complexity index is 386. The smallest absolute Gasteiger partial charge is 0.200 e. The number of hydrogen-bond donors (Lipinski definition) is 1. The van der Waals surface area contributed by atoms with E-state index in [4.69, 9.17) is 18.9 Å². The van der Waals surface area contributed by atoms with E-state index in [2.05, 4.69) is 5.32 Å². The summed E-state index contributed by atoms with van der Waals surface area (Å²) < 4.78 is 22.7. The van der Waals surface area contributed by atoms with Crippen LogP contribution in [0.2, 0.25) is 0 Å². The molecule has 1 atom stereocenters. The second-order valence-corrected chi connectivity index (χ2v) is 4.65. The van der Waals surface area contributed by atoms with Gasteiger partial charge >= 0.3 is 0 Å². The molecule has 0 radical (unpaired) electrons. The van der Waals surface area contributed by atoms with Gasteiger partial charge in [-0.2, -0.15) is 0 Å². The molecule has 1 aromatic rings. The Morgan fingerprint density at radius 2 is 1.95 bits per heavy atom. The molecule has 5 nitrogen and oxygen atoms in total. The SMILES string of the molecule is c1ccc(OCCC2(C3OCCO3)NCCO2)cc1. The van der Waals surface area contributed by atoms with Crippen LogP contribution in [0.25, 0.3) is 0 Å². The van der Waals surface area contributed by atoms with Gasteiger partial charge in [0.15, 0.2) is 5.72 Å². The molecule has 19 heavy (non-hydrogen) atoms. The van der Waals surface area contributed by atoms with Gasteiger partial charge in [-0.25, -0.2) is 0 Å².